The van der Waals surface area contributed by atoms with Crippen LogP contribution in [0.25, 0.3) is 0 Å². The fourth-order valence-corrected chi connectivity index (χ4v) is 2.75. The Kier molecular flexibility index (Phi) is 7.66. The molecule has 0 unspecified atom stereocenters. The lowest BCUT2D eigenvalue weighted by molar-refractivity contribution is -0.134. The fourth-order valence-electron chi connectivity index (χ4n) is 2.75. The zero-order valence-corrected chi connectivity index (χ0v) is 16.7. The summed E-state index contributed by atoms with van der Waals surface area (Å²) >= 11 is 0. The number of carbonyl (C=O) groups excluding carboxylic acids is 3. The summed E-state index contributed by atoms with van der Waals surface area (Å²) in [5.74, 6) is 0.103. The number of hydrogen-bond donors (Lipinski definition) is 2. The first-order valence-corrected chi connectivity index (χ1v) is 9.45. The minimum Gasteiger partial charge on any atom is -0.484 e. The smallest absolute Gasteiger partial charge is 0.407 e. The van der Waals surface area contributed by atoms with E-state index in [1.54, 1.807) is 17.0 Å². The number of piperidine rings is 1. The normalized spacial score (nSPS) is 14.9. The van der Waals surface area contributed by atoms with Crippen molar-refractivity contribution in [1.29, 1.82) is 0 Å². The van der Waals surface area contributed by atoms with Crippen LogP contribution in [0.5, 0.6) is 5.75 Å². The molecule has 0 radical (unpaired) electrons. The lowest BCUT2D eigenvalue weighted by atomic mass is 10.1. The maximum Gasteiger partial charge on any atom is 0.407 e. The van der Waals surface area contributed by atoms with Crippen LogP contribution in [-0.2, 0) is 14.3 Å². The molecule has 3 amide bonds. The number of likely N-dealkylation sites (tertiary alicyclic amines) is 1. The molecule has 1 heterocycles. The number of ether oxygens (including phenoxy) is 2. The Morgan fingerprint density at radius 3 is 2.36 bits per heavy atom. The summed E-state index contributed by atoms with van der Waals surface area (Å²) in [7, 11) is 0. The highest BCUT2D eigenvalue weighted by atomic mass is 16.6. The standard InChI is InChI=1S/C20H29N3O5/c1-20(2,3)28-19(26)22-15-9-11-23(12-10-15)18(25)13-21-17(24)14-27-16-7-5-4-6-8-16/h4-8,15H,9-14H2,1-3H3,(H,21,24)(H,22,26). The molecule has 1 fully saturated rings. The number of benzene rings is 1. The van der Waals surface area contributed by atoms with Crippen LogP contribution in [-0.4, -0.2) is 60.7 Å². The third-order valence-electron chi connectivity index (χ3n) is 4.12. The van der Waals surface area contributed by atoms with E-state index in [1.165, 1.54) is 0 Å². The molecule has 1 aromatic carbocycles. The lowest BCUT2D eigenvalue weighted by Gasteiger charge is -2.33. The second kappa shape index (κ2) is 9.96. The Hall–Kier alpha value is -2.77. The number of alkyl carbamates (subject to hydrolysis) is 1. The number of amides is 3. The number of para-hydroxylation sites is 1. The molecule has 154 valence electrons. The molecule has 1 aliphatic heterocycles. The van der Waals surface area contributed by atoms with E-state index < -0.39 is 11.7 Å². The third-order valence-corrected chi connectivity index (χ3v) is 4.12. The molecule has 8 heteroatoms. The van der Waals surface area contributed by atoms with Crippen molar-refractivity contribution < 1.29 is 23.9 Å². The maximum absolute atomic E-state index is 12.3. The summed E-state index contributed by atoms with van der Waals surface area (Å²) in [6.07, 6.45) is 0.856. The zero-order chi connectivity index (χ0) is 20.6. The lowest BCUT2D eigenvalue weighted by Crippen LogP contribution is -2.49. The van der Waals surface area contributed by atoms with E-state index >= 15 is 0 Å². The van der Waals surface area contributed by atoms with E-state index in [4.69, 9.17) is 9.47 Å². The molecule has 8 nitrogen and oxygen atoms in total. The summed E-state index contributed by atoms with van der Waals surface area (Å²) in [5.41, 5.74) is -0.539. The van der Waals surface area contributed by atoms with E-state index in [9.17, 15) is 14.4 Å². The largest absolute Gasteiger partial charge is 0.484 e. The van der Waals surface area contributed by atoms with Crippen molar-refractivity contribution >= 4 is 17.9 Å². The van der Waals surface area contributed by atoms with Crippen LogP contribution in [0.4, 0.5) is 4.79 Å². The van der Waals surface area contributed by atoms with Crippen molar-refractivity contribution in [2.45, 2.75) is 45.3 Å². The van der Waals surface area contributed by atoms with Crippen LogP contribution >= 0.6 is 0 Å². The monoisotopic (exact) mass is 391 g/mol. The van der Waals surface area contributed by atoms with Crippen LogP contribution in [0.2, 0.25) is 0 Å². The Morgan fingerprint density at radius 1 is 1.11 bits per heavy atom. The Morgan fingerprint density at radius 2 is 1.75 bits per heavy atom. The van der Waals surface area contributed by atoms with Gasteiger partial charge in [-0.2, -0.15) is 0 Å². The predicted molar refractivity (Wildman–Crippen MR) is 104 cm³/mol. The Bertz CT molecular complexity index is 664. The van der Waals surface area contributed by atoms with Gasteiger partial charge in [0.05, 0.1) is 6.54 Å². The molecular formula is C20H29N3O5. The van der Waals surface area contributed by atoms with E-state index in [0.717, 1.165) is 0 Å². The van der Waals surface area contributed by atoms with E-state index in [0.29, 0.717) is 31.7 Å². The quantitative estimate of drug-likeness (QED) is 0.769. The number of hydrogen-bond acceptors (Lipinski definition) is 5. The highest BCUT2D eigenvalue weighted by molar-refractivity contribution is 5.85. The van der Waals surface area contributed by atoms with Crippen molar-refractivity contribution in [3.63, 3.8) is 0 Å². The highest BCUT2D eigenvalue weighted by Crippen LogP contribution is 2.12. The van der Waals surface area contributed by atoms with Gasteiger partial charge in [-0.1, -0.05) is 18.2 Å². The molecule has 1 aromatic rings. The van der Waals surface area contributed by atoms with E-state index in [2.05, 4.69) is 10.6 Å². The van der Waals surface area contributed by atoms with Gasteiger partial charge in [0.25, 0.3) is 5.91 Å². The second-order valence-electron chi connectivity index (χ2n) is 7.68. The molecule has 0 atom stereocenters. The van der Waals surface area contributed by atoms with Gasteiger partial charge in [0, 0.05) is 19.1 Å². The molecular weight excluding hydrogens is 362 g/mol. The first-order valence-electron chi connectivity index (χ1n) is 9.45. The number of rotatable bonds is 6. The first kappa shape index (κ1) is 21.5. The minimum absolute atomic E-state index is 0.0206. The van der Waals surface area contributed by atoms with Gasteiger partial charge < -0.3 is 25.0 Å². The number of nitrogens with zero attached hydrogens (tertiary/aromatic N) is 1. The molecule has 2 N–H and O–H groups in total. The van der Waals surface area contributed by atoms with E-state index in [-0.39, 0.29) is 31.0 Å². The summed E-state index contributed by atoms with van der Waals surface area (Å²) in [6.45, 7) is 6.28. The van der Waals surface area contributed by atoms with Gasteiger partial charge in [-0.3, -0.25) is 9.59 Å². The first-order chi connectivity index (χ1) is 13.2. The minimum atomic E-state index is -0.539. The Labute approximate surface area is 165 Å². The molecule has 0 spiro atoms. The SMILES string of the molecule is CC(C)(C)OC(=O)NC1CCN(C(=O)CNC(=O)COc2ccccc2)CC1. The molecule has 1 aliphatic rings. The molecule has 0 saturated carbocycles. The van der Waals surface area contributed by atoms with Gasteiger partial charge in [-0.25, -0.2) is 4.79 Å². The zero-order valence-electron chi connectivity index (χ0n) is 16.7. The van der Waals surface area contributed by atoms with Crippen LogP contribution in [0.1, 0.15) is 33.6 Å². The van der Waals surface area contributed by atoms with Gasteiger partial charge in [-0.05, 0) is 45.7 Å². The van der Waals surface area contributed by atoms with Crippen molar-refractivity contribution in [2.75, 3.05) is 26.2 Å². The summed E-state index contributed by atoms with van der Waals surface area (Å²) in [5, 5.41) is 5.41. The van der Waals surface area contributed by atoms with Gasteiger partial charge in [-0.15, -0.1) is 0 Å². The van der Waals surface area contributed by atoms with Crippen molar-refractivity contribution in [2.24, 2.45) is 0 Å². The molecule has 0 bridgehead atoms. The second-order valence-corrected chi connectivity index (χ2v) is 7.68. The third kappa shape index (κ3) is 7.85. The fraction of sp³-hybridized carbons (Fsp3) is 0.550. The highest BCUT2D eigenvalue weighted by Gasteiger charge is 2.25. The van der Waals surface area contributed by atoms with Crippen molar-refractivity contribution in [3.05, 3.63) is 30.3 Å². The van der Waals surface area contributed by atoms with Crippen LogP contribution in [0.3, 0.4) is 0 Å². The topological polar surface area (TPSA) is 97.0 Å². The van der Waals surface area contributed by atoms with Crippen molar-refractivity contribution in [1.82, 2.24) is 15.5 Å². The Balaban J connectivity index is 1.63. The molecule has 1 saturated heterocycles. The van der Waals surface area contributed by atoms with Crippen LogP contribution in [0.15, 0.2) is 30.3 Å². The maximum atomic E-state index is 12.3. The van der Waals surface area contributed by atoms with Crippen LogP contribution in [0, 0.1) is 0 Å². The molecule has 0 aromatic heterocycles. The van der Waals surface area contributed by atoms with Gasteiger partial charge in [0.15, 0.2) is 6.61 Å². The summed E-state index contributed by atoms with van der Waals surface area (Å²) < 4.78 is 10.6. The number of carbonyl (C=O) groups is 3. The average Bonchev–Trinajstić information content (AvgIpc) is 2.64. The summed E-state index contributed by atoms with van der Waals surface area (Å²) in [6, 6.07) is 8.99. The molecule has 28 heavy (non-hydrogen) atoms. The van der Waals surface area contributed by atoms with Crippen LogP contribution < -0.4 is 15.4 Å². The van der Waals surface area contributed by atoms with Gasteiger partial charge in [0.2, 0.25) is 5.91 Å². The molecule has 2 rings (SSSR count). The molecule has 0 aliphatic carbocycles. The van der Waals surface area contributed by atoms with Gasteiger partial charge >= 0.3 is 6.09 Å². The predicted octanol–water partition coefficient (Wildman–Crippen LogP) is 1.70. The average molecular weight is 391 g/mol. The van der Waals surface area contributed by atoms with E-state index in [1.807, 2.05) is 39.0 Å². The van der Waals surface area contributed by atoms with Crippen molar-refractivity contribution in [3.8, 4) is 5.75 Å². The number of nitrogens with one attached hydrogen (secondary N) is 2. The van der Waals surface area contributed by atoms with Gasteiger partial charge in [0.1, 0.15) is 11.4 Å². The summed E-state index contributed by atoms with van der Waals surface area (Å²) in [4.78, 5) is 37.6.